The number of aliphatic hydroxyl groups excluding tert-OH is 1. The van der Waals surface area contributed by atoms with Gasteiger partial charge < -0.3 is 38.1 Å². The lowest BCUT2D eigenvalue weighted by atomic mass is 10.0. The van der Waals surface area contributed by atoms with Crippen LogP contribution in [0.1, 0.15) is 36.8 Å². The van der Waals surface area contributed by atoms with E-state index in [2.05, 4.69) is 4.57 Å². The van der Waals surface area contributed by atoms with E-state index in [9.17, 15) is 5.11 Å². The van der Waals surface area contributed by atoms with Crippen molar-refractivity contribution in [3.05, 3.63) is 53.3 Å². The number of aliphatic hydroxyl groups is 1. The second-order valence-electron chi connectivity index (χ2n) is 7.88. The van der Waals surface area contributed by atoms with Gasteiger partial charge in [-0.15, -0.1) is 0 Å². The fourth-order valence-electron chi connectivity index (χ4n) is 3.71. The van der Waals surface area contributed by atoms with Crippen LogP contribution in [0.2, 0.25) is 0 Å². The minimum absolute atomic E-state index is 0.101. The van der Waals surface area contributed by atoms with E-state index < -0.39 is 11.9 Å². The van der Waals surface area contributed by atoms with Crippen LogP contribution in [-0.4, -0.2) is 56.0 Å². The number of hydrogen-bond donors (Lipinski definition) is 1. The van der Waals surface area contributed by atoms with Gasteiger partial charge in [0.2, 0.25) is 0 Å². The lowest BCUT2D eigenvalue weighted by molar-refractivity contribution is -0.170. The van der Waals surface area contributed by atoms with E-state index >= 15 is 0 Å². The van der Waals surface area contributed by atoms with Crippen LogP contribution in [0.3, 0.4) is 0 Å². The van der Waals surface area contributed by atoms with E-state index in [4.69, 9.17) is 28.4 Å². The quantitative estimate of drug-likeness (QED) is 0.513. The Hall–Kier alpha value is -1.94. The first-order chi connectivity index (χ1) is 15.0. The number of nitrogens with zero attached hydrogens (tertiary/aromatic N) is 1. The summed E-state index contributed by atoms with van der Waals surface area (Å²) in [7, 11) is 3.17. The topological polar surface area (TPSA) is 80.5 Å². The summed E-state index contributed by atoms with van der Waals surface area (Å²) in [5, 5.41) is 10.1. The van der Waals surface area contributed by atoms with Gasteiger partial charge >= 0.3 is 0 Å². The summed E-state index contributed by atoms with van der Waals surface area (Å²) in [6.45, 7) is 5.14. The molecule has 2 aromatic rings. The van der Waals surface area contributed by atoms with Crippen LogP contribution in [0.25, 0.3) is 0 Å². The summed E-state index contributed by atoms with van der Waals surface area (Å²) >= 11 is 0. The van der Waals surface area contributed by atoms with Gasteiger partial charge in [0.1, 0.15) is 24.8 Å². The monoisotopic (exact) mass is 435 g/mol. The Morgan fingerprint density at radius 3 is 2.48 bits per heavy atom. The smallest absolute Gasteiger partial charge is 0.188 e. The molecule has 1 N–H and O–H groups in total. The average molecular weight is 436 g/mol. The van der Waals surface area contributed by atoms with Crippen molar-refractivity contribution < 1.29 is 33.5 Å². The predicted molar refractivity (Wildman–Crippen MR) is 114 cm³/mol. The van der Waals surface area contributed by atoms with E-state index in [1.54, 1.807) is 14.2 Å². The molecule has 0 saturated carbocycles. The average Bonchev–Trinajstić information content (AvgIpc) is 3.34. The van der Waals surface area contributed by atoms with Crippen LogP contribution < -0.4 is 4.74 Å². The number of ether oxygens (including phenoxy) is 6. The minimum atomic E-state index is -0.666. The summed E-state index contributed by atoms with van der Waals surface area (Å²) in [5.41, 5.74) is 2.86. The second-order valence-corrected chi connectivity index (χ2v) is 7.88. The molecule has 1 aliphatic heterocycles. The van der Waals surface area contributed by atoms with Crippen molar-refractivity contribution >= 4 is 0 Å². The fourth-order valence-corrected chi connectivity index (χ4v) is 3.71. The molecule has 0 spiro atoms. The fraction of sp³-hybridized carbons (Fsp3) is 0.565. The van der Waals surface area contributed by atoms with Crippen LogP contribution in [0.15, 0.2) is 36.5 Å². The maximum atomic E-state index is 10.1. The SMILES string of the molecule is COCOc1ccc(CCn2ccc(C(OCOC)C3COC(C)(C)O3)c2CO)cc1. The lowest BCUT2D eigenvalue weighted by Gasteiger charge is -2.25. The van der Waals surface area contributed by atoms with E-state index in [-0.39, 0.29) is 26.3 Å². The van der Waals surface area contributed by atoms with Gasteiger partial charge in [0.25, 0.3) is 0 Å². The van der Waals surface area contributed by atoms with Gasteiger partial charge in [0.05, 0.1) is 13.2 Å². The number of benzene rings is 1. The highest BCUT2D eigenvalue weighted by atomic mass is 16.8. The number of aromatic nitrogens is 1. The van der Waals surface area contributed by atoms with Gasteiger partial charge in [0.15, 0.2) is 12.6 Å². The Morgan fingerprint density at radius 2 is 1.87 bits per heavy atom. The molecule has 1 saturated heterocycles. The van der Waals surface area contributed by atoms with Crippen molar-refractivity contribution in [1.82, 2.24) is 4.57 Å². The van der Waals surface area contributed by atoms with Gasteiger partial charge in [-0.1, -0.05) is 12.1 Å². The molecular weight excluding hydrogens is 402 g/mol. The Kier molecular flexibility index (Phi) is 8.48. The number of hydrogen-bond acceptors (Lipinski definition) is 7. The molecular formula is C23H33NO7. The molecule has 0 bridgehead atoms. The van der Waals surface area contributed by atoms with Crippen molar-refractivity contribution in [2.75, 3.05) is 34.4 Å². The van der Waals surface area contributed by atoms with Crippen molar-refractivity contribution in [2.45, 2.75) is 51.4 Å². The lowest BCUT2D eigenvalue weighted by Crippen LogP contribution is -2.28. The van der Waals surface area contributed by atoms with Crippen LogP contribution in [0, 0.1) is 0 Å². The highest BCUT2D eigenvalue weighted by Gasteiger charge is 2.39. The minimum Gasteiger partial charge on any atom is -0.468 e. The first-order valence-electron chi connectivity index (χ1n) is 10.4. The third-order valence-corrected chi connectivity index (χ3v) is 5.21. The molecule has 1 aromatic heterocycles. The first-order valence-corrected chi connectivity index (χ1v) is 10.4. The molecule has 8 nitrogen and oxygen atoms in total. The van der Waals surface area contributed by atoms with Gasteiger partial charge in [-0.25, -0.2) is 0 Å². The molecule has 2 unspecified atom stereocenters. The van der Waals surface area contributed by atoms with Crippen LogP contribution in [0.4, 0.5) is 0 Å². The van der Waals surface area contributed by atoms with Gasteiger partial charge in [0, 0.05) is 38.2 Å². The molecule has 3 rings (SSSR count). The van der Waals surface area contributed by atoms with E-state index in [0.29, 0.717) is 6.61 Å². The van der Waals surface area contributed by atoms with Crippen LogP contribution in [-0.2, 0) is 43.3 Å². The maximum absolute atomic E-state index is 10.1. The van der Waals surface area contributed by atoms with Crippen molar-refractivity contribution in [3.8, 4) is 5.75 Å². The zero-order valence-electron chi connectivity index (χ0n) is 18.7. The van der Waals surface area contributed by atoms with E-state index in [1.807, 2.05) is 50.4 Å². The number of methoxy groups -OCH3 is 2. The molecule has 1 aromatic carbocycles. The maximum Gasteiger partial charge on any atom is 0.188 e. The molecule has 2 atom stereocenters. The first kappa shape index (κ1) is 23.7. The number of rotatable bonds is 12. The molecule has 31 heavy (non-hydrogen) atoms. The molecule has 0 radical (unpaired) electrons. The Bertz CT molecular complexity index is 803. The Balaban J connectivity index is 1.70. The van der Waals surface area contributed by atoms with Crippen molar-refractivity contribution in [2.24, 2.45) is 0 Å². The van der Waals surface area contributed by atoms with Crippen molar-refractivity contribution in [1.29, 1.82) is 0 Å². The summed E-state index contributed by atoms with van der Waals surface area (Å²) in [6, 6.07) is 9.89. The standard InChI is InChI=1S/C23H33NO7/c1-23(2)30-14-21(31-23)22(29-16-27-4)19-10-12-24(20(19)13-25)11-9-17-5-7-18(8-6-17)28-15-26-3/h5-8,10,12,21-22,25H,9,11,13-16H2,1-4H3. The second kappa shape index (κ2) is 11.1. The largest absolute Gasteiger partial charge is 0.468 e. The van der Waals surface area contributed by atoms with Crippen LogP contribution in [0.5, 0.6) is 5.75 Å². The third kappa shape index (κ3) is 6.29. The summed E-state index contributed by atoms with van der Waals surface area (Å²) in [6.07, 6.45) is 2.10. The van der Waals surface area contributed by atoms with Gasteiger partial charge in [-0.2, -0.15) is 0 Å². The highest BCUT2D eigenvalue weighted by Crippen LogP contribution is 2.35. The third-order valence-electron chi connectivity index (χ3n) is 5.21. The molecule has 1 aliphatic rings. The Morgan fingerprint density at radius 1 is 1.13 bits per heavy atom. The summed E-state index contributed by atoms with van der Waals surface area (Å²) in [4.78, 5) is 0. The van der Waals surface area contributed by atoms with E-state index in [1.165, 1.54) is 5.56 Å². The molecule has 2 heterocycles. The van der Waals surface area contributed by atoms with Gasteiger partial charge in [-0.3, -0.25) is 0 Å². The summed E-state index contributed by atoms with van der Waals surface area (Å²) in [5.74, 6) is 0.102. The van der Waals surface area contributed by atoms with E-state index in [0.717, 1.165) is 30.0 Å². The molecule has 8 heteroatoms. The predicted octanol–water partition coefficient (Wildman–Crippen LogP) is 3.02. The normalized spacial score (nSPS) is 18.9. The zero-order chi connectivity index (χ0) is 22.3. The highest BCUT2D eigenvalue weighted by molar-refractivity contribution is 5.29. The molecule has 0 aliphatic carbocycles. The Labute approximate surface area is 183 Å². The van der Waals surface area contributed by atoms with Gasteiger partial charge in [-0.05, 0) is 44.0 Å². The van der Waals surface area contributed by atoms with Crippen LogP contribution >= 0.6 is 0 Å². The summed E-state index contributed by atoms with van der Waals surface area (Å²) < 4.78 is 35.2. The molecule has 0 amide bonds. The van der Waals surface area contributed by atoms with Crippen molar-refractivity contribution in [3.63, 3.8) is 0 Å². The number of aryl methyl sites for hydroxylation is 2. The zero-order valence-corrected chi connectivity index (χ0v) is 18.7. The molecule has 172 valence electrons. The molecule has 1 fully saturated rings.